The van der Waals surface area contributed by atoms with Crippen LogP contribution in [0.3, 0.4) is 0 Å². The fourth-order valence-electron chi connectivity index (χ4n) is 4.44. The molecule has 3 aromatic rings. The van der Waals surface area contributed by atoms with Gasteiger partial charge in [-0.3, -0.25) is 20.3 Å². The second-order valence-electron chi connectivity index (χ2n) is 9.63. The molecule has 0 aliphatic carbocycles. The molecule has 1 fully saturated rings. The number of halogens is 1. The second-order valence-corrected chi connectivity index (χ2v) is 9.63. The maximum absolute atomic E-state index is 14.7. The van der Waals surface area contributed by atoms with Gasteiger partial charge in [0.2, 0.25) is 11.8 Å². The van der Waals surface area contributed by atoms with Gasteiger partial charge in [-0.15, -0.1) is 0 Å². The Kier molecular flexibility index (Phi) is 9.58. The van der Waals surface area contributed by atoms with Crippen molar-refractivity contribution >= 4 is 23.7 Å². The molecule has 0 spiro atoms. The van der Waals surface area contributed by atoms with E-state index in [1.54, 1.807) is 25.1 Å². The normalized spacial score (nSPS) is 16.9. The smallest absolute Gasteiger partial charge is 0.413 e. The third-order valence-corrected chi connectivity index (χ3v) is 6.68. The molecule has 10 heteroatoms. The van der Waals surface area contributed by atoms with E-state index >= 15 is 0 Å². The molecule has 208 valence electrons. The first-order valence-electron chi connectivity index (χ1n) is 13.0. The Morgan fingerprint density at radius 1 is 1.02 bits per heavy atom. The number of ether oxygens (including phenoxy) is 1. The number of rotatable bonds is 9. The molecule has 4 rings (SSSR count). The number of amidine groups is 1. The molecule has 3 amide bonds. The van der Waals surface area contributed by atoms with E-state index in [1.807, 2.05) is 48.5 Å². The molecule has 1 aliphatic rings. The van der Waals surface area contributed by atoms with Crippen molar-refractivity contribution < 1.29 is 23.5 Å². The van der Waals surface area contributed by atoms with Crippen LogP contribution in [-0.2, 0) is 27.5 Å². The summed E-state index contributed by atoms with van der Waals surface area (Å²) in [5, 5.41) is 18.9. The summed E-state index contributed by atoms with van der Waals surface area (Å²) in [6.45, 7) is 2.32. The minimum absolute atomic E-state index is 0.0192. The summed E-state index contributed by atoms with van der Waals surface area (Å²) in [6.07, 6.45) is -0.228. The summed E-state index contributed by atoms with van der Waals surface area (Å²) in [5.74, 6) is -1.61. The lowest BCUT2D eigenvalue weighted by Crippen LogP contribution is -2.49. The van der Waals surface area contributed by atoms with E-state index in [2.05, 4.69) is 21.3 Å². The fourth-order valence-corrected chi connectivity index (χ4v) is 4.44. The molecule has 1 saturated heterocycles. The maximum atomic E-state index is 14.7. The van der Waals surface area contributed by atoms with Gasteiger partial charge >= 0.3 is 6.09 Å². The van der Waals surface area contributed by atoms with Crippen LogP contribution in [0.15, 0.2) is 78.9 Å². The van der Waals surface area contributed by atoms with E-state index in [9.17, 15) is 18.8 Å². The third kappa shape index (κ3) is 7.73. The third-order valence-electron chi connectivity index (χ3n) is 6.68. The average molecular weight is 546 g/mol. The van der Waals surface area contributed by atoms with Crippen molar-refractivity contribution in [1.82, 2.24) is 21.3 Å². The quantitative estimate of drug-likeness (QED) is 0.208. The topological polar surface area (TPSA) is 132 Å². The van der Waals surface area contributed by atoms with Crippen molar-refractivity contribution in [2.75, 3.05) is 6.54 Å². The fraction of sp³-hybridized carbons (Fsp3) is 0.267. The summed E-state index contributed by atoms with van der Waals surface area (Å²) in [7, 11) is 0. The highest BCUT2D eigenvalue weighted by Crippen LogP contribution is 2.25. The Morgan fingerprint density at radius 2 is 1.73 bits per heavy atom. The number of hydrogen-bond donors (Lipinski definition) is 5. The molecule has 0 unspecified atom stereocenters. The number of alkyl carbamates (subject to hydrolysis) is 1. The molecule has 3 atom stereocenters. The molecular weight excluding hydrogens is 513 g/mol. The number of benzene rings is 3. The molecule has 0 bridgehead atoms. The molecule has 0 aromatic heterocycles. The lowest BCUT2D eigenvalue weighted by Gasteiger charge is -2.17. The number of amides is 3. The van der Waals surface area contributed by atoms with E-state index < -0.39 is 29.7 Å². The lowest BCUT2D eigenvalue weighted by atomic mass is 9.96. The van der Waals surface area contributed by atoms with Gasteiger partial charge in [0.15, 0.2) is 0 Å². The van der Waals surface area contributed by atoms with E-state index in [4.69, 9.17) is 10.1 Å². The highest BCUT2D eigenvalue weighted by molar-refractivity contribution is 6.04. The molecule has 1 aliphatic heterocycles. The van der Waals surface area contributed by atoms with Crippen LogP contribution in [0.1, 0.15) is 41.5 Å². The highest BCUT2D eigenvalue weighted by Gasteiger charge is 2.31. The molecule has 3 aromatic carbocycles. The van der Waals surface area contributed by atoms with Crippen molar-refractivity contribution in [2.45, 2.75) is 44.5 Å². The predicted octanol–water partition coefficient (Wildman–Crippen LogP) is 3.34. The van der Waals surface area contributed by atoms with Gasteiger partial charge in [0.05, 0.1) is 11.6 Å². The van der Waals surface area contributed by atoms with Gasteiger partial charge < -0.3 is 20.7 Å². The van der Waals surface area contributed by atoms with Gasteiger partial charge in [0, 0.05) is 13.1 Å². The first kappa shape index (κ1) is 28.4. The van der Waals surface area contributed by atoms with Crippen molar-refractivity contribution in [1.29, 1.82) is 5.41 Å². The van der Waals surface area contributed by atoms with Crippen LogP contribution >= 0.6 is 0 Å². The van der Waals surface area contributed by atoms with Crippen LogP contribution in [0.25, 0.3) is 0 Å². The predicted molar refractivity (Wildman–Crippen MR) is 148 cm³/mol. The zero-order valence-electron chi connectivity index (χ0n) is 22.1. The molecular formula is C30H32FN5O4. The maximum Gasteiger partial charge on any atom is 0.413 e. The Bertz CT molecular complexity index is 1350. The van der Waals surface area contributed by atoms with Crippen LogP contribution in [0.5, 0.6) is 0 Å². The first-order valence-corrected chi connectivity index (χ1v) is 13.0. The SMILES string of the molecule is C[C@H](NC(=O)[C@H]1C[C@H](c2ccccc2)CN1)C(=O)NCc1ccc(C(=N)NC(=O)OCc2ccccc2)c(F)c1. The Labute approximate surface area is 232 Å². The van der Waals surface area contributed by atoms with E-state index in [1.165, 1.54) is 17.7 Å². The number of carbonyl (C=O) groups excluding carboxylic acids is 3. The zero-order valence-corrected chi connectivity index (χ0v) is 22.1. The van der Waals surface area contributed by atoms with Crippen molar-refractivity contribution in [2.24, 2.45) is 0 Å². The minimum Gasteiger partial charge on any atom is -0.444 e. The van der Waals surface area contributed by atoms with Crippen LogP contribution in [0.4, 0.5) is 9.18 Å². The van der Waals surface area contributed by atoms with Crippen molar-refractivity contribution in [3.05, 3.63) is 107 Å². The Hall–Kier alpha value is -4.57. The van der Waals surface area contributed by atoms with Crippen molar-refractivity contribution in [3.63, 3.8) is 0 Å². The Morgan fingerprint density at radius 3 is 2.42 bits per heavy atom. The molecule has 40 heavy (non-hydrogen) atoms. The molecule has 0 radical (unpaired) electrons. The molecule has 5 N–H and O–H groups in total. The Balaban J connectivity index is 1.21. The van der Waals surface area contributed by atoms with E-state index in [-0.39, 0.29) is 36.6 Å². The van der Waals surface area contributed by atoms with E-state index in [0.29, 0.717) is 18.5 Å². The lowest BCUT2D eigenvalue weighted by molar-refractivity contribution is -0.129. The standard InChI is InChI=1S/C30H32FN5O4/c1-19(35-29(38)26-15-23(17-33-26)22-10-6-3-7-11-22)28(37)34-16-21-12-13-24(25(31)14-21)27(32)36-30(39)40-18-20-8-4-2-5-9-20/h2-14,19,23,26,33H,15-18H2,1H3,(H,34,37)(H,35,38)(H2,32,36,39)/t19-,23-,26+/m0/s1. The van der Waals surface area contributed by atoms with Gasteiger partial charge in [-0.1, -0.05) is 66.7 Å². The summed E-state index contributed by atoms with van der Waals surface area (Å²) >= 11 is 0. The zero-order chi connectivity index (χ0) is 28.5. The van der Waals surface area contributed by atoms with Gasteiger partial charge in [-0.25, -0.2) is 9.18 Å². The minimum atomic E-state index is -0.871. The van der Waals surface area contributed by atoms with Crippen LogP contribution < -0.4 is 21.3 Å². The summed E-state index contributed by atoms with van der Waals surface area (Å²) in [4.78, 5) is 37.2. The van der Waals surface area contributed by atoms with Gasteiger partial charge in [0.25, 0.3) is 0 Å². The highest BCUT2D eigenvalue weighted by atomic mass is 19.1. The summed E-state index contributed by atoms with van der Waals surface area (Å²) in [6, 6.07) is 21.9. The van der Waals surface area contributed by atoms with Crippen LogP contribution in [0.2, 0.25) is 0 Å². The van der Waals surface area contributed by atoms with Gasteiger partial charge in [-0.2, -0.15) is 0 Å². The summed E-state index contributed by atoms with van der Waals surface area (Å²) < 4.78 is 19.7. The second kappa shape index (κ2) is 13.5. The largest absolute Gasteiger partial charge is 0.444 e. The van der Waals surface area contributed by atoms with Gasteiger partial charge in [-0.05, 0) is 48.1 Å². The molecule has 1 heterocycles. The number of carbonyl (C=O) groups is 3. The number of nitrogens with one attached hydrogen (secondary N) is 5. The van der Waals surface area contributed by atoms with Crippen LogP contribution in [0, 0.1) is 11.2 Å². The first-order chi connectivity index (χ1) is 19.3. The monoisotopic (exact) mass is 545 g/mol. The number of hydrogen-bond acceptors (Lipinski definition) is 6. The average Bonchev–Trinajstić information content (AvgIpc) is 3.46. The molecule has 9 nitrogen and oxygen atoms in total. The summed E-state index contributed by atoms with van der Waals surface area (Å²) in [5.41, 5.74) is 2.28. The van der Waals surface area contributed by atoms with Crippen molar-refractivity contribution in [3.8, 4) is 0 Å². The van der Waals surface area contributed by atoms with Gasteiger partial charge in [0.1, 0.15) is 24.3 Å². The van der Waals surface area contributed by atoms with Crippen LogP contribution in [-0.4, -0.2) is 42.4 Å². The molecule has 0 saturated carbocycles. The van der Waals surface area contributed by atoms with E-state index in [0.717, 1.165) is 5.56 Å².